The number of fused-ring (bicyclic) bond motifs is 2. The van der Waals surface area contributed by atoms with Crippen molar-refractivity contribution >= 4 is 67.0 Å². The second-order valence-corrected chi connectivity index (χ2v) is 10.4. The van der Waals surface area contributed by atoms with Gasteiger partial charge in [-0.25, -0.2) is 0 Å². The first-order valence-electron chi connectivity index (χ1n) is 14.4. The second-order valence-electron chi connectivity index (χ2n) is 10.4. The van der Waals surface area contributed by atoms with E-state index in [1.165, 1.54) is 0 Å². The summed E-state index contributed by atoms with van der Waals surface area (Å²) in [6, 6.07) is 35.9. The van der Waals surface area contributed by atoms with Crippen LogP contribution in [-0.2, 0) is 0 Å². The van der Waals surface area contributed by atoms with E-state index in [9.17, 15) is 0 Å². The van der Waals surface area contributed by atoms with Gasteiger partial charge in [0, 0.05) is 47.0 Å². The van der Waals surface area contributed by atoms with Crippen molar-refractivity contribution in [2.45, 2.75) is 13.8 Å². The quantitative estimate of drug-likeness (QED) is 0.176. The SMILES string of the molecule is CNc1ccc(N=Nc2ccc(N=Nc3cc(C)c(N=Nc4ccc(NC)c5ccccc45)cc3C)cc2)c2ccccc12. The van der Waals surface area contributed by atoms with Gasteiger partial charge in [-0.2, -0.15) is 20.5 Å². The number of rotatable bonds is 8. The number of anilines is 2. The molecule has 0 aliphatic heterocycles. The lowest BCUT2D eigenvalue weighted by Crippen LogP contribution is -1.88. The molecule has 0 saturated carbocycles. The molecule has 0 unspecified atom stereocenters. The first-order chi connectivity index (χ1) is 21.5. The Bertz CT molecular complexity index is 2060. The molecule has 0 saturated heterocycles. The molecule has 0 fully saturated rings. The van der Waals surface area contributed by atoms with Crippen molar-refractivity contribution < 1.29 is 0 Å². The van der Waals surface area contributed by atoms with Crippen LogP contribution in [0, 0.1) is 13.8 Å². The molecule has 0 aromatic heterocycles. The van der Waals surface area contributed by atoms with Gasteiger partial charge < -0.3 is 10.6 Å². The zero-order valence-electron chi connectivity index (χ0n) is 25.1. The topological polar surface area (TPSA) is 98.2 Å². The predicted molar refractivity (Wildman–Crippen MR) is 182 cm³/mol. The Labute approximate surface area is 256 Å². The predicted octanol–water partition coefficient (Wildman–Crippen LogP) is 11.9. The van der Waals surface area contributed by atoms with E-state index in [-0.39, 0.29) is 0 Å². The van der Waals surface area contributed by atoms with Crippen molar-refractivity contribution in [1.29, 1.82) is 0 Å². The van der Waals surface area contributed by atoms with E-state index in [0.29, 0.717) is 0 Å². The summed E-state index contributed by atoms with van der Waals surface area (Å²) in [5, 5.41) is 37.9. The van der Waals surface area contributed by atoms with Crippen LogP contribution < -0.4 is 10.6 Å². The highest BCUT2D eigenvalue weighted by Gasteiger charge is 2.08. The van der Waals surface area contributed by atoms with Gasteiger partial charge in [-0.3, -0.25) is 0 Å². The van der Waals surface area contributed by atoms with Crippen LogP contribution >= 0.6 is 0 Å². The third-order valence-electron chi connectivity index (χ3n) is 7.52. The summed E-state index contributed by atoms with van der Waals surface area (Å²) in [7, 11) is 3.84. The largest absolute Gasteiger partial charge is 0.388 e. The van der Waals surface area contributed by atoms with Crippen molar-refractivity contribution in [3.8, 4) is 0 Å². The van der Waals surface area contributed by atoms with Crippen molar-refractivity contribution in [1.82, 2.24) is 0 Å². The third-order valence-corrected chi connectivity index (χ3v) is 7.52. The van der Waals surface area contributed by atoms with Gasteiger partial charge in [0.1, 0.15) is 0 Å². The number of hydrogen-bond donors (Lipinski definition) is 2. The first kappa shape index (κ1) is 28.4. The standard InChI is InChI=1S/C36H32N8/c1-23-22-36(44-42-34-20-18-32(38-4)28-10-6-8-12-30(28)34)24(2)21-35(23)43-40-26-15-13-25(14-16-26)39-41-33-19-17-31(37-3)27-9-5-7-11-29(27)33/h5-22,37-38H,1-4H3. The third kappa shape index (κ3) is 5.91. The van der Waals surface area contributed by atoms with Crippen molar-refractivity contribution in [3.63, 3.8) is 0 Å². The lowest BCUT2D eigenvalue weighted by atomic mass is 10.1. The summed E-state index contributed by atoms with van der Waals surface area (Å²) >= 11 is 0. The van der Waals surface area contributed by atoms with Gasteiger partial charge >= 0.3 is 0 Å². The van der Waals surface area contributed by atoms with E-state index < -0.39 is 0 Å². The Balaban J connectivity index is 1.17. The maximum absolute atomic E-state index is 4.59. The Morgan fingerprint density at radius 2 is 0.750 bits per heavy atom. The molecular weight excluding hydrogens is 544 g/mol. The number of benzene rings is 6. The molecule has 8 nitrogen and oxygen atoms in total. The minimum absolute atomic E-state index is 0.727. The molecular formula is C36H32N8. The van der Waals surface area contributed by atoms with Crippen molar-refractivity contribution in [3.05, 3.63) is 120 Å². The molecule has 0 radical (unpaired) electrons. The molecule has 6 rings (SSSR count). The molecule has 0 spiro atoms. The zero-order chi connectivity index (χ0) is 30.5. The fourth-order valence-corrected chi connectivity index (χ4v) is 5.09. The highest BCUT2D eigenvalue weighted by Crippen LogP contribution is 2.36. The fourth-order valence-electron chi connectivity index (χ4n) is 5.09. The minimum Gasteiger partial charge on any atom is -0.388 e. The normalized spacial score (nSPS) is 11.8. The highest BCUT2D eigenvalue weighted by molar-refractivity contribution is 6.01. The number of hydrogen-bond acceptors (Lipinski definition) is 8. The van der Waals surface area contributed by atoms with E-state index >= 15 is 0 Å². The van der Waals surface area contributed by atoms with E-state index in [1.54, 1.807) is 0 Å². The molecule has 216 valence electrons. The maximum Gasteiger partial charge on any atom is 0.0936 e. The molecule has 0 aliphatic rings. The van der Waals surface area contributed by atoms with Crippen LogP contribution in [-0.4, -0.2) is 14.1 Å². The smallest absolute Gasteiger partial charge is 0.0936 e. The molecule has 0 amide bonds. The first-order valence-corrected chi connectivity index (χ1v) is 14.4. The number of aryl methyl sites for hydroxylation is 2. The average Bonchev–Trinajstić information content (AvgIpc) is 3.07. The van der Waals surface area contributed by atoms with Gasteiger partial charge in [-0.1, -0.05) is 48.5 Å². The summed E-state index contributed by atoms with van der Waals surface area (Å²) in [6.45, 7) is 4.00. The number of azo groups is 3. The Kier molecular flexibility index (Phi) is 8.14. The zero-order valence-corrected chi connectivity index (χ0v) is 25.1. The van der Waals surface area contributed by atoms with E-state index in [0.717, 1.165) is 78.2 Å². The molecule has 0 atom stereocenters. The van der Waals surface area contributed by atoms with Gasteiger partial charge in [-0.05, 0) is 85.6 Å². The molecule has 6 aromatic carbocycles. The molecule has 6 aromatic rings. The lowest BCUT2D eigenvalue weighted by Gasteiger charge is -2.08. The monoisotopic (exact) mass is 576 g/mol. The van der Waals surface area contributed by atoms with E-state index in [2.05, 4.69) is 65.6 Å². The summed E-state index contributed by atoms with van der Waals surface area (Å²) in [6.07, 6.45) is 0. The highest BCUT2D eigenvalue weighted by atomic mass is 15.1. The van der Waals surface area contributed by atoms with Crippen LogP contribution in [0.1, 0.15) is 11.1 Å². The van der Waals surface area contributed by atoms with Gasteiger partial charge in [0.15, 0.2) is 0 Å². The van der Waals surface area contributed by atoms with Crippen LogP contribution in [0.3, 0.4) is 0 Å². The van der Waals surface area contributed by atoms with Crippen LogP contribution in [0.5, 0.6) is 0 Å². The number of nitrogens with one attached hydrogen (secondary N) is 2. The summed E-state index contributed by atoms with van der Waals surface area (Å²) < 4.78 is 0. The van der Waals surface area contributed by atoms with Gasteiger partial charge in [0.05, 0.1) is 34.1 Å². The average molecular weight is 577 g/mol. The van der Waals surface area contributed by atoms with Crippen molar-refractivity contribution in [2.75, 3.05) is 24.7 Å². The fraction of sp³-hybridized carbons (Fsp3) is 0.111. The second kappa shape index (κ2) is 12.6. The molecule has 8 heteroatoms. The van der Waals surface area contributed by atoms with Gasteiger partial charge in [0.2, 0.25) is 0 Å². The minimum atomic E-state index is 0.727. The van der Waals surface area contributed by atoms with E-state index in [4.69, 9.17) is 0 Å². The van der Waals surface area contributed by atoms with Gasteiger partial charge in [-0.15, -0.1) is 10.2 Å². The maximum atomic E-state index is 4.59. The Morgan fingerprint density at radius 3 is 1.18 bits per heavy atom. The molecule has 0 aliphatic carbocycles. The summed E-state index contributed by atoms with van der Waals surface area (Å²) in [5.41, 5.74) is 8.73. The molecule has 0 bridgehead atoms. The van der Waals surface area contributed by atoms with Crippen LogP contribution in [0.25, 0.3) is 21.5 Å². The van der Waals surface area contributed by atoms with Crippen LogP contribution in [0.15, 0.2) is 140 Å². The van der Waals surface area contributed by atoms with Gasteiger partial charge in [0.25, 0.3) is 0 Å². The Hall–Kier alpha value is -5.76. The number of nitrogens with zero attached hydrogens (tertiary/aromatic N) is 6. The van der Waals surface area contributed by atoms with E-state index in [1.807, 2.05) is 113 Å². The summed E-state index contributed by atoms with van der Waals surface area (Å²) in [4.78, 5) is 0. The molecule has 44 heavy (non-hydrogen) atoms. The molecule has 0 heterocycles. The summed E-state index contributed by atoms with van der Waals surface area (Å²) in [5.74, 6) is 0. The lowest BCUT2D eigenvalue weighted by molar-refractivity contribution is 1.17. The van der Waals surface area contributed by atoms with Crippen molar-refractivity contribution in [2.24, 2.45) is 30.7 Å². The molecule has 2 N–H and O–H groups in total. The Morgan fingerprint density at radius 1 is 0.386 bits per heavy atom. The van der Waals surface area contributed by atoms with Crippen LogP contribution in [0.4, 0.5) is 45.5 Å². The van der Waals surface area contributed by atoms with Crippen LogP contribution in [0.2, 0.25) is 0 Å².